The van der Waals surface area contributed by atoms with Crippen molar-refractivity contribution in [1.29, 1.82) is 0 Å². The van der Waals surface area contributed by atoms with E-state index in [9.17, 15) is 0 Å². The van der Waals surface area contributed by atoms with Gasteiger partial charge in [0.05, 0.1) is 7.11 Å². The Kier molecular flexibility index (Phi) is 5.51. The van der Waals surface area contributed by atoms with E-state index in [1.54, 1.807) is 7.11 Å². The van der Waals surface area contributed by atoms with Gasteiger partial charge in [0, 0.05) is 18.0 Å². The highest BCUT2D eigenvalue weighted by Gasteiger charge is 2.35. The Hall–Kier alpha value is -1.22. The SMILES string of the molecule is CCCCCCCC1(C)CC(N)c2cc(OC)ccc2O1. The molecule has 0 saturated heterocycles. The fourth-order valence-corrected chi connectivity index (χ4v) is 3.17. The molecule has 0 spiro atoms. The van der Waals surface area contributed by atoms with E-state index in [4.69, 9.17) is 15.2 Å². The monoisotopic (exact) mass is 291 g/mol. The Labute approximate surface area is 128 Å². The molecule has 3 heteroatoms. The van der Waals surface area contributed by atoms with Crippen LogP contribution in [0.1, 0.15) is 70.4 Å². The van der Waals surface area contributed by atoms with Gasteiger partial charge in [0.15, 0.2) is 0 Å². The minimum atomic E-state index is -0.132. The zero-order chi connectivity index (χ0) is 15.3. The second-order valence-corrected chi connectivity index (χ2v) is 6.43. The van der Waals surface area contributed by atoms with Crippen LogP contribution in [0.15, 0.2) is 18.2 Å². The van der Waals surface area contributed by atoms with Crippen molar-refractivity contribution in [2.45, 2.75) is 70.4 Å². The highest BCUT2D eigenvalue weighted by atomic mass is 16.5. The molecular formula is C18H29NO2. The maximum Gasteiger partial charge on any atom is 0.125 e. The van der Waals surface area contributed by atoms with Gasteiger partial charge in [0.1, 0.15) is 17.1 Å². The summed E-state index contributed by atoms with van der Waals surface area (Å²) >= 11 is 0. The van der Waals surface area contributed by atoms with Gasteiger partial charge in [-0.3, -0.25) is 0 Å². The first kappa shape index (κ1) is 16.2. The van der Waals surface area contributed by atoms with Crippen LogP contribution < -0.4 is 15.2 Å². The van der Waals surface area contributed by atoms with E-state index in [0.717, 1.165) is 29.9 Å². The molecule has 0 amide bonds. The van der Waals surface area contributed by atoms with Crippen LogP contribution in [0.4, 0.5) is 0 Å². The lowest BCUT2D eigenvalue weighted by atomic mass is 9.85. The van der Waals surface area contributed by atoms with Crippen molar-refractivity contribution >= 4 is 0 Å². The summed E-state index contributed by atoms with van der Waals surface area (Å²) in [5, 5.41) is 0. The maximum absolute atomic E-state index is 6.36. The number of hydrogen-bond donors (Lipinski definition) is 1. The second-order valence-electron chi connectivity index (χ2n) is 6.43. The predicted octanol–water partition coefficient (Wildman–Crippen LogP) is 4.60. The van der Waals surface area contributed by atoms with Gasteiger partial charge in [-0.1, -0.05) is 32.6 Å². The molecule has 2 unspecified atom stereocenters. The Bertz CT molecular complexity index is 461. The van der Waals surface area contributed by atoms with Gasteiger partial charge < -0.3 is 15.2 Å². The molecule has 0 fully saturated rings. The molecule has 118 valence electrons. The van der Waals surface area contributed by atoms with Gasteiger partial charge in [0.25, 0.3) is 0 Å². The number of fused-ring (bicyclic) bond motifs is 1. The third-order valence-electron chi connectivity index (χ3n) is 4.43. The Morgan fingerprint density at radius 1 is 1.29 bits per heavy atom. The minimum Gasteiger partial charge on any atom is -0.497 e. The number of hydrogen-bond acceptors (Lipinski definition) is 3. The Balaban J connectivity index is 1.98. The largest absolute Gasteiger partial charge is 0.497 e. The summed E-state index contributed by atoms with van der Waals surface area (Å²) in [6, 6.07) is 5.96. The van der Waals surface area contributed by atoms with Crippen molar-refractivity contribution in [2.24, 2.45) is 5.73 Å². The van der Waals surface area contributed by atoms with Crippen molar-refractivity contribution in [3.8, 4) is 11.5 Å². The summed E-state index contributed by atoms with van der Waals surface area (Å²) < 4.78 is 11.5. The average Bonchev–Trinajstić information content (AvgIpc) is 2.46. The van der Waals surface area contributed by atoms with Gasteiger partial charge in [-0.05, 0) is 38.0 Å². The fraction of sp³-hybridized carbons (Fsp3) is 0.667. The molecule has 0 bridgehead atoms. The van der Waals surface area contributed by atoms with Crippen molar-refractivity contribution in [2.75, 3.05) is 7.11 Å². The van der Waals surface area contributed by atoms with Crippen LogP contribution >= 0.6 is 0 Å². The molecule has 0 aromatic heterocycles. The van der Waals surface area contributed by atoms with Gasteiger partial charge in [-0.25, -0.2) is 0 Å². The van der Waals surface area contributed by atoms with E-state index in [1.807, 2.05) is 18.2 Å². The number of unbranched alkanes of at least 4 members (excludes halogenated alkanes) is 4. The summed E-state index contributed by atoms with van der Waals surface area (Å²) in [6.45, 7) is 4.44. The molecule has 3 nitrogen and oxygen atoms in total. The molecule has 2 N–H and O–H groups in total. The second kappa shape index (κ2) is 7.17. The third-order valence-corrected chi connectivity index (χ3v) is 4.43. The van der Waals surface area contributed by atoms with Gasteiger partial charge in [-0.15, -0.1) is 0 Å². The molecule has 21 heavy (non-hydrogen) atoms. The molecule has 1 heterocycles. The van der Waals surface area contributed by atoms with Crippen LogP contribution in [-0.4, -0.2) is 12.7 Å². The van der Waals surface area contributed by atoms with Crippen LogP contribution in [0.5, 0.6) is 11.5 Å². The van der Waals surface area contributed by atoms with E-state index in [0.29, 0.717) is 0 Å². The lowest BCUT2D eigenvalue weighted by Crippen LogP contribution is -2.40. The summed E-state index contributed by atoms with van der Waals surface area (Å²) in [6.07, 6.45) is 8.41. The number of methoxy groups -OCH3 is 1. The fourth-order valence-electron chi connectivity index (χ4n) is 3.17. The molecule has 1 aliphatic rings. The van der Waals surface area contributed by atoms with Gasteiger partial charge in [0.2, 0.25) is 0 Å². The Morgan fingerprint density at radius 3 is 2.76 bits per heavy atom. The number of rotatable bonds is 7. The number of benzene rings is 1. The average molecular weight is 291 g/mol. The van der Waals surface area contributed by atoms with Crippen LogP contribution in [0.3, 0.4) is 0 Å². The summed E-state index contributed by atoms with van der Waals surface area (Å²) in [7, 11) is 1.68. The number of ether oxygens (including phenoxy) is 2. The van der Waals surface area contributed by atoms with E-state index in [1.165, 1.54) is 32.1 Å². The smallest absolute Gasteiger partial charge is 0.125 e. The first-order valence-corrected chi connectivity index (χ1v) is 8.20. The molecular weight excluding hydrogens is 262 g/mol. The highest BCUT2D eigenvalue weighted by molar-refractivity contribution is 5.44. The van der Waals surface area contributed by atoms with E-state index in [-0.39, 0.29) is 11.6 Å². The number of nitrogens with two attached hydrogens (primary N) is 1. The van der Waals surface area contributed by atoms with Crippen molar-refractivity contribution < 1.29 is 9.47 Å². The predicted molar refractivity (Wildman–Crippen MR) is 86.9 cm³/mol. The van der Waals surface area contributed by atoms with Crippen LogP contribution in [0, 0.1) is 0 Å². The molecule has 2 rings (SSSR count). The minimum absolute atomic E-state index is 0.0319. The lowest BCUT2D eigenvalue weighted by molar-refractivity contribution is 0.0428. The van der Waals surface area contributed by atoms with E-state index < -0.39 is 0 Å². The summed E-state index contributed by atoms with van der Waals surface area (Å²) in [4.78, 5) is 0. The van der Waals surface area contributed by atoms with Gasteiger partial charge >= 0.3 is 0 Å². The summed E-state index contributed by atoms with van der Waals surface area (Å²) in [5.74, 6) is 1.77. The normalized spacial score (nSPS) is 24.3. The molecule has 1 aromatic rings. The third kappa shape index (κ3) is 4.13. The molecule has 0 radical (unpaired) electrons. The van der Waals surface area contributed by atoms with Crippen molar-refractivity contribution in [1.82, 2.24) is 0 Å². The zero-order valence-corrected chi connectivity index (χ0v) is 13.7. The zero-order valence-electron chi connectivity index (χ0n) is 13.7. The summed E-state index contributed by atoms with van der Waals surface area (Å²) in [5.41, 5.74) is 7.30. The topological polar surface area (TPSA) is 44.5 Å². The van der Waals surface area contributed by atoms with Crippen molar-refractivity contribution in [3.05, 3.63) is 23.8 Å². The lowest BCUT2D eigenvalue weighted by Gasteiger charge is -2.39. The first-order chi connectivity index (χ1) is 10.1. The quantitative estimate of drug-likeness (QED) is 0.747. The molecule has 1 aromatic carbocycles. The van der Waals surface area contributed by atoms with Gasteiger partial charge in [-0.2, -0.15) is 0 Å². The Morgan fingerprint density at radius 2 is 2.05 bits per heavy atom. The maximum atomic E-state index is 6.36. The standard InChI is InChI=1S/C18H29NO2/c1-4-5-6-7-8-11-18(2)13-16(19)15-12-14(20-3)9-10-17(15)21-18/h9-10,12,16H,4-8,11,13,19H2,1-3H3. The van der Waals surface area contributed by atoms with Crippen molar-refractivity contribution in [3.63, 3.8) is 0 Å². The first-order valence-electron chi connectivity index (χ1n) is 8.20. The van der Waals surface area contributed by atoms with Crippen LogP contribution in [-0.2, 0) is 0 Å². The molecule has 1 aliphatic heterocycles. The molecule has 0 aliphatic carbocycles. The van der Waals surface area contributed by atoms with E-state index in [2.05, 4.69) is 13.8 Å². The molecule has 2 atom stereocenters. The highest BCUT2D eigenvalue weighted by Crippen LogP contribution is 2.42. The van der Waals surface area contributed by atoms with E-state index >= 15 is 0 Å². The van der Waals surface area contributed by atoms with Crippen LogP contribution in [0.25, 0.3) is 0 Å². The van der Waals surface area contributed by atoms with Crippen LogP contribution in [0.2, 0.25) is 0 Å². The molecule has 0 saturated carbocycles.